The third-order valence-electron chi connectivity index (χ3n) is 4.59. The molecule has 2 atom stereocenters. The maximum absolute atomic E-state index is 12.6. The molecule has 1 fully saturated rings. The van der Waals surface area contributed by atoms with Crippen LogP contribution >= 0.6 is 11.3 Å². The zero-order valence-corrected chi connectivity index (χ0v) is 14.8. The molecule has 0 radical (unpaired) electrons. The second-order valence-corrected chi connectivity index (χ2v) is 7.28. The number of nitrogens with one attached hydrogen (secondary N) is 1. The van der Waals surface area contributed by atoms with Gasteiger partial charge >= 0.3 is 0 Å². The van der Waals surface area contributed by atoms with E-state index in [9.17, 15) is 9.59 Å². The lowest BCUT2D eigenvalue weighted by molar-refractivity contribution is -0.128. The van der Waals surface area contributed by atoms with E-state index in [0.717, 1.165) is 11.3 Å². The summed E-state index contributed by atoms with van der Waals surface area (Å²) in [6.45, 7) is 2.65. The molecular weight excluding hydrogens is 320 g/mol. The Morgan fingerprint density at radius 2 is 2.04 bits per heavy atom. The average Bonchev–Trinajstić information content (AvgIpc) is 3.18. The summed E-state index contributed by atoms with van der Waals surface area (Å²) in [4.78, 5) is 27.4. The molecule has 1 aliphatic heterocycles. The van der Waals surface area contributed by atoms with Gasteiger partial charge in [0.1, 0.15) is 0 Å². The summed E-state index contributed by atoms with van der Waals surface area (Å²) in [5, 5.41) is 4.99. The van der Waals surface area contributed by atoms with Gasteiger partial charge in [-0.3, -0.25) is 9.59 Å². The van der Waals surface area contributed by atoms with Gasteiger partial charge in [0.25, 0.3) is 0 Å². The average molecular weight is 342 g/mol. The largest absolute Gasteiger partial charge is 0.355 e. The van der Waals surface area contributed by atoms with Crippen molar-refractivity contribution in [3.05, 3.63) is 57.8 Å². The van der Waals surface area contributed by atoms with Gasteiger partial charge in [0.2, 0.25) is 11.8 Å². The first kappa shape index (κ1) is 16.7. The number of hydrogen-bond donors (Lipinski definition) is 1. The summed E-state index contributed by atoms with van der Waals surface area (Å²) >= 11 is 1.60. The molecule has 0 bridgehead atoms. The quantitative estimate of drug-likeness (QED) is 0.908. The molecule has 2 heterocycles. The van der Waals surface area contributed by atoms with Gasteiger partial charge in [-0.2, -0.15) is 0 Å². The van der Waals surface area contributed by atoms with Crippen molar-refractivity contribution < 1.29 is 9.59 Å². The highest BCUT2D eigenvalue weighted by Crippen LogP contribution is 2.38. The maximum Gasteiger partial charge on any atom is 0.226 e. The van der Waals surface area contributed by atoms with E-state index < -0.39 is 0 Å². The van der Waals surface area contributed by atoms with Crippen molar-refractivity contribution in [1.29, 1.82) is 0 Å². The van der Waals surface area contributed by atoms with Crippen LogP contribution in [0.25, 0.3) is 0 Å². The maximum atomic E-state index is 12.6. The lowest BCUT2D eigenvalue weighted by Gasteiger charge is -2.23. The van der Waals surface area contributed by atoms with E-state index in [4.69, 9.17) is 0 Å². The zero-order chi connectivity index (χ0) is 17.1. The Kier molecular flexibility index (Phi) is 5.00. The van der Waals surface area contributed by atoms with E-state index in [2.05, 4.69) is 36.5 Å². The van der Waals surface area contributed by atoms with Gasteiger partial charge in [-0.1, -0.05) is 35.9 Å². The molecule has 0 saturated carbocycles. The summed E-state index contributed by atoms with van der Waals surface area (Å²) in [5.41, 5.74) is 2.43. The summed E-state index contributed by atoms with van der Waals surface area (Å²) in [6.07, 6.45) is 1.08. The number of carbonyl (C=O) groups excluding carboxylic acids is 2. The second-order valence-electron chi connectivity index (χ2n) is 6.30. The molecule has 1 aromatic carbocycles. The Morgan fingerprint density at radius 1 is 1.29 bits per heavy atom. The highest BCUT2D eigenvalue weighted by atomic mass is 32.1. The molecule has 2 aromatic rings. The molecule has 0 spiro atoms. The Labute approximate surface area is 146 Å². The Hall–Kier alpha value is -2.14. The van der Waals surface area contributed by atoms with Crippen LogP contribution in [-0.4, -0.2) is 30.3 Å². The van der Waals surface area contributed by atoms with E-state index in [1.165, 1.54) is 11.1 Å². The standard InChI is InChI=1S/C19H22N2O2S/c1-13-5-7-14(8-6-13)9-10-20-19(23)15-12-17(22)21(2)18(15)16-4-3-11-24-16/h3-8,11,15,18H,9-10,12H2,1-2H3,(H,20,23)/t15-,18+/m1/s1. The number of likely N-dealkylation sites (tertiary alicyclic amines) is 1. The van der Waals surface area contributed by atoms with Crippen molar-refractivity contribution in [3.63, 3.8) is 0 Å². The minimum absolute atomic E-state index is 0.0294. The molecule has 2 amide bonds. The molecule has 126 valence electrons. The number of nitrogens with zero attached hydrogens (tertiary/aromatic N) is 1. The molecular formula is C19H22N2O2S. The summed E-state index contributed by atoms with van der Waals surface area (Å²) in [6, 6.07) is 12.1. The lowest BCUT2D eigenvalue weighted by atomic mass is 9.98. The van der Waals surface area contributed by atoms with Gasteiger partial charge in [-0.05, 0) is 30.4 Å². The molecule has 1 N–H and O–H groups in total. The molecule has 1 saturated heterocycles. The van der Waals surface area contributed by atoms with Crippen LogP contribution in [-0.2, 0) is 16.0 Å². The highest BCUT2D eigenvalue weighted by Gasteiger charge is 2.42. The molecule has 24 heavy (non-hydrogen) atoms. The fraction of sp³-hybridized carbons (Fsp3) is 0.368. The van der Waals surface area contributed by atoms with Crippen LogP contribution in [0.15, 0.2) is 41.8 Å². The number of hydrogen-bond acceptors (Lipinski definition) is 3. The summed E-state index contributed by atoms with van der Waals surface area (Å²) in [5.74, 6) is -0.301. The third kappa shape index (κ3) is 3.51. The van der Waals surface area contributed by atoms with Gasteiger partial charge in [-0.15, -0.1) is 11.3 Å². The van der Waals surface area contributed by atoms with Crippen LogP contribution in [0.2, 0.25) is 0 Å². The normalized spacial score (nSPS) is 20.4. The number of rotatable bonds is 5. The SMILES string of the molecule is Cc1ccc(CCNC(=O)[C@@H]2CC(=O)N(C)[C@@H]2c2cccs2)cc1. The first-order valence-corrected chi connectivity index (χ1v) is 9.06. The van der Waals surface area contributed by atoms with Gasteiger partial charge in [-0.25, -0.2) is 0 Å². The van der Waals surface area contributed by atoms with Crippen molar-refractivity contribution in [1.82, 2.24) is 10.2 Å². The van der Waals surface area contributed by atoms with Gasteiger partial charge in [0, 0.05) is 24.9 Å². The first-order chi connectivity index (χ1) is 11.6. The molecule has 1 aromatic heterocycles. The van der Waals surface area contributed by atoms with E-state index >= 15 is 0 Å². The van der Waals surface area contributed by atoms with Crippen LogP contribution in [0, 0.1) is 12.8 Å². The van der Waals surface area contributed by atoms with Crippen LogP contribution in [0.3, 0.4) is 0 Å². The predicted octanol–water partition coefficient (Wildman–Crippen LogP) is 2.93. The molecule has 5 heteroatoms. The fourth-order valence-electron chi connectivity index (χ4n) is 3.17. The minimum Gasteiger partial charge on any atom is -0.355 e. The Balaban J connectivity index is 1.61. The van der Waals surface area contributed by atoms with Gasteiger partial charge < -0.3 is 10.2 Å². The number of benzene rings is 1. The Morgan fingerprint density at radius 3 is 2.71 bits per heavy atom. The van der Waals surface area contributed by atoms with E-state index in [1.54, 1.807) is 23.3 Å². The van der Waals surface area contributed by atoms with Crippen LogP contribution in [0.4, 0.5) is 0 Å². The number of carbonyl (C=O) groups is 2. The number of amides is 2. The molecule has 0 unspecified atom stereocenters. The molecule has 0 aliphatic carbocycles. The second kappa shape index (κ2) is 7.18. The zero-order valence-electron chi connectivity index (χ0n) is 14.0. The van der Waals surface area contributed by atoms with E-state index in [1.807, 2.05) is 17.5 Å². The topological polar surface area (TPSA) is 49.4 Å². The van der Waals surface area contributed by atoms with E-state index in [-0.39, 0.29) is 30.2 Å². The first-order valence-electron chi connectivity index (χ1n) is 8.18. The fourth-order valence-corrected chi connectivity index (χ4v) is 4.10. The van der Waals surface area contributed by atoms with Crippen molar-refractivity contribution in [2.45, 2.75) is 25.8 Å². The Bertz CT molecular complexity index is 709. The predicted molar refractivity (Wildman–Crippen MR) is 95.8 cm³/mol. The van der Waals surface area contributed by atoms with Gasteiger partial charge in [0.15, 0.2) is 0 Å². The van der Waals surface area contributed by atoms with Crippen molar-refractivity contribution in [3.8, 4) is 0 Å². The number of aryl methyl sites for hydroxylation is 1. The molecule has 1 aliphatic rings. The van der Waals surface area contributed by atoms with Gasteiger partial charge in [0.05, 0.1) is 12.0 Å². The highest BCUT2D eigenvalue weighted by molar-refractivity contribution is 7.10. The molecule has 3 rings (SSSR count). The number of thiophene rings is 1. The smallest absolute Gasteiger partial charge is 0.226 e. The van der Waals surface area contributed by atoms with Crippen LogP contribution in [0.1, 0.15) is 28.5 Å². The molecule has 4 nitrogen and oxygen atoms in total. The van der Waals surface area contributed by atoms with Crippen LogP contribution < -0.4 is 5.32 Å². The minimum atomic E-state index is -0.306. The van der Waals surface area contributed by atoms with Crippen molar-refractivity contribution in [2.75, 3.05) is 13.6 Å². The van der Waals surface area contributed by atoms with Crippen LogP contribution in [0.5, 0.6) is 0 Å². The lowest BCUT2D eigenvalue weighted by Crippen LogP contribution is -2.35. The monoisotopic (exact) mass is 342 g/mol. The van der Waals surface area contributed by atoms with Crippen molar-refractivity contribution >= 4 is 23.2 Å². The van der Waals surface area contributed by atoms with E-state index in [0.29, 0.717) is 6.54 Å². The summed E-state index contributed by atoms with van der Waals surface area (Å²) in [7, 11) is 1.78. The van der Waals surface area contributed by atoms with Crippen molar-refractivity contribution in [2.24, 2.45) is 5.92 Å². The third-order valence-corrected chi connectivity index (χ3v) is 5.53. The summed E-state index contributed by atoms with van der Waals surface area (Å²) < 4.78 is 0.